The molecule has 0 amide bonds. The number of nitrogens with one attached hydrogen (secondary N) is 1. The molecule has 0 radical (unpaired) electrons. The Labute approximate surface area is 135 Å². The second-order valence-electron chi connectivity index (χ2n) is 7.81. The van der Waals surface area contributed by atoms with Gasteiger partial charge < -0.3 is 5.32 Å². The average molecular weight is 308 g/mol. The fraction of sp³-hybridized carbons (Fsp3) is 0.684. The van der Waals surface area contributed by atoms with Crippen LogP contribution in [0, 0.1) is 24.2 Å². The molecule has 0 bridgehead atoms. The summed E-state index contributed by atoms with van der Waals surface area (Å²) in [5.41, 5.74) is 3.01. The minimum atomic E-state index is 0.400. The van der Waals surface area contributed by atoms with E-state index in [9.17, 15) is 0 Å². The Morgan fingerprint density at radius 3 is 2.52 bits per heavy atom. The van der Waals surface area contributed by atoms with Gasteiger partial charge in [-0.3, -0.25) is 0 Å². The number of hydrogen-bond donors (Lipinski definition) is 1. The third kappa shape index (κ3) is 4.02. The van der Waals surface area contributed by atoms with E-state index >= 15 is 0 Å². The molecule has 2 heteroatoms. The van der Waals surface area contributed by atoms with Crippen molar-refractivity contribution in [2.75, 3.05) is 13.6 Å². The normalized spacial score (nSPS) is 26.9. The van der Waals surface area contributed by atoms with Gasteiger partial charge in [-0.15, -0.1) is 0 Å². The maximum Gasteiger partial charge on any atom is 0.0438 e. The van der Waals surface area contributed by atoms with Crippen molar-refractivity contribution in [2.45, 2.75) is 52.9 Å². The second-order valence-corrected chi connectivity index (χ2v) is 8.22. The van der Waals surface area contributed by atoms with Crippen molar-refractivity contribution in [3.8, 4) is 0 Å². The van der Waals surface area contributed by atoms with Gasteiger partial charge in [0.25, 0.3) is 0 Å². The van der Waals surface area contributed by atoms with E-state index in [1.807, 2.05) is 0 Å². The summed E-state index contributed by atoms with van der Waals surface area (Å²) in [7, 11) is 2.06. The highest BCUT2D eigenvalue weighted by atomic mass is 35.5. The molecule has 0 heterocycles. The van der Waals surface area contributed by atoms with Crippen LogP contribution in [0.5, 0.6) is 0 Å². The molecule has 1 aromatic rings. The van der Waals surface area contributed by atoms with Crippen LogP contribution in [0.25, 0.3) is 0 Å². The molecule has 0 spiro atoms. The van der Waals surface area contributed by atoms with E-state index in [2.05, 4.69) is 58.3 Å². The summed E-state index contributed by atoms with van der Waals surface area (Å²) >= 11 is 6.37. The molecule has 2 rings (SSSR count). The van der Waals surface area contributed by atoms with Gasteiger partial charge in [-0.25, -0.2) is 0 Å². The van der Waals surface area contributed by atoms with Crippen LogP contribution < -0.4 is 5.32 Å². The topological polar surface area (TPSA) is 12.0 Å². The van der Waals surface area contributed by atoms with Crippen molar-refractivity contribution in [3.05, 3.63) is 34.3 Å². The molecule has 0 aromatic heterocycles. The molecule has 1 aliphatic rings. The predicted molar refractivity (Wildman–Crippen MR) is 93.1 cm³/mol. The Bertz CT molecular complexity index is 475. The third-order valence-corrected chi connectivity index (χ3v) is 5.72. The smallest absolute Gasteiger partial charge is 0.0438 e. The predicted octanol–water partition coefficient (Wildman–Crippen LogP) is 5.41. The van der Waals surface area contributed by atoms with Crippen molar-refractivity contribution in [3.63, 3.8) is 0 Å². The standard InChI is InChI=1S/C19H30ClN/c1-13-6-7-14(10-18(13)20)17-11-16(19(2,3)4)9-8-15(17)12-21-5/h6-7,10,15-17,21H,8-9,11-12H2,1-5H3. The lowest BCUT2D eigenvalue weighted by molar-refractivity contribution is 0.130. The van der Waals surface area contributed by atoms with Crippen LogP contribution in [0.2, 0.25) is 5.02 Å². The van der Waals surface area contributed by atoms with E-state index in [-0.39, 0.29) is 0 Å². The van der Waals surface area contributed by atoms with Crippen LogP contribution in [0.15, 0.2) is 18.2 Å². The average Bonchev–Trinajstić information content (AvgIpc) is 2.41. The van der Waals surface area contributed by atoms with E-state index < -0.39 is 0 Å². The first kappa shape index (κ1) is 16.8. The largest absolute Gasteiger partial charge is 0.319 e. The molecule has 21 heavy (non-hydrogen) atoms. The maximum atomic E-state index is 6.37. The number of aryl methyl sites for hydroxylation is 1. The van der Waals surface area contributed by atoms with Crippen molar-refractivity contribution in [2.24, 2.45) is 17.3 Å². The molecule has 1 saturated carbocycles. The molecule has 1 aromatic carbocycles. The maximum absolute atomic E-state index is 6.37. The van der Waals surface area contributed by atoms with Crippen LogP contribution in [0.1, 0.15) is 57.1 Å². The number of halogens is 1. The highest BCUT2D eigenvalue weighted by molar-refractivity contribution is 6.31. The van der Waals surface area contributed by atoms with Gasteiger partial charge in [0.05, 0.1) is 0 Å². The summed E-state index contributed by atoms with van der Waals surface area (Å²) in [6.45, 7) is 10.3. The Balaban J connectivity index is 2.26. The van der Waals surface area contributed by atoms with Crippen molar-refractivity contribution < 1.29 is 0 Å². The second kappa shape index (κ2) is 6.71. The van der Waals surface area contributed by atoms with Gasteiger partial charge in [-0.1, -0.05) is 44.5 Å². The van der Waals surface area contributed by atoms with Crippen LogP contribution in [-0.2, 0) is 0 Å². The SMILES string of the molecule is CNCC1CCC(C(C)(C)C)CC1c1ccc(C)c(Cl)c1. The van der Waals surface area contributed by atoms with Gasteiger partial charge in [0.1, 0.15) is 0 Å². The molecule has 3 atom stereocenters. The van der Waals surface area contributed by atoms with Gasteiger partial charge in [0.15, 0.2) is 0 Å². The molecule has 1 aliphatic carbocycles. The summed E-state index contributed by atoms with van der Waals surface area (Å²) in [5, 5.41) is 4.29. The lowest BCUT2D eigenvalue weighted by Crippen LogP contribution is -2.34. The lowest BCUT2D eigenvalue weighted by Gasteiger charge is -2.42. The van der Waals surface area contributed by atoms with E-state index in [4.69, 9.17) is 11.6 Å². The molecular weight excluding hydrogens is 278 g/mol. The van der Waals surface area contributed by atoms with Gasteiger partial charge in [0.2, 0.25) is 0 Å². The summed E-state index contributed by atoms with van der Waals surface area (Å²) in [6.07, 6.45) is 3.96. The highest BCUT2D eigenvalue weighted by Crippen LogP contribution is 2.47. The summed E-state index contributed by atoms with van der Waals surface area (Å²) in [6, 6.07) is 6.67. The zero-order valence-electron chi connectivity index (χ0n) is 14.2. The van der Waals surface area contributed by atoms with E-state index in [1.165, 1.54) is 30.4 Å². The van der Waals surface area contributed by atoms with Crippen molar-refractivity contribution in [1.82, 2.24) is 5.32 Å². The quantitative estimate of drug-likeness (QED) is 0.787. The van der Waals surface area contributed by atoms with Gasteiger partial charge in [-0.2, -0.15) is 0 Å². The summed E-state index contributed by atoms with van der Waals surface area (Å²) < 4.78 is 0. The summed E-state index contributed by atoms with van der Waals surface area (Å²) in [5.74, 6) is 2.16. The van der Waals surface area contributed by atoms with Crippen LogP contribution >= 0.6 is 11.6 Å². The van der Waals surface area contributed by atoms with E-state index in [1.54, 1.807) is 0 Å². The van der Waals surface area contributed by atoms with Crippen molar-refractivity contribution >= 4 is 11.6 Å². The van der Waals surface area contributed by atoms with Gasteiger partial charge in [0, 0.05) is 5.02 Å². The minimum absolute atomic E-state index is 0.400. The minimum Gasteiger partial charge on any atom is -0.319 e. The fourth-order valence-electron chi connectivity index (χ4n) is 3.77. The first-order chi connectivity index (χ1) is 9.82. The van der Waals surface area contributed by atoms with Crippen molar-refractivity contribution in [1.29, 1.82) is 0 Å². The van der Waals surface area contributed by atoms with E-state index in [0.29, 0.717) is 11.3 Å². The first-order valence-electron chi connectivity index (χ1n) is 8.23. The zero-order chi connectivity index (χ0) is 15.6. The van der Waals surface area contributed by atoms with Crippen LogP contribution in [0.3, 0.4) is 0 Å². The molecule has 3 unspecified atom stereocenters. The fourth-order valence-corrected chi connectivity index (χ4v) is 3.96. The number of rotatable bonds is 3. The molecule has 1 nitrogen and oxygen atoms in total. The molecule has 0 saturated heterocycles. The number of benzene rings is 1. The molecule has 1 fully saturated rings. The molecule has 1 N–H and O–H groups in total. The Hall–Kier alpha value is -0.530. The van der Waals surface area contributed by atoms with Gasteiger partial charge >= 0.3 is 0 Å². The van der Waals surface area contributed by atoms with Crippen LogP contribution in [0.4, 0.5) is 0 Å². The Morgan fingerprint density at radius 2 is 1.95 bits per heavy atom. The molecular formula is C19H30ClN. The Kier molecular flexibility index (Phi) is 5.38. The van der Waals surface area contributed by atoms with E-state index in [0.717, 1.165) is 23.4 Å². The molecule has 118 valence electrons. The lowest BCUT2D eigenvalue weighted by atomic mass is 9.64. The monoisotopic (exact) mass is 307 g/mol. The zero-order valence-corrected chi connectivity index (χ0v) is 14.9. The Morgan fingerprint density at radius 1 is 1.24 bits per heavy atom. The highest BCUT2D eigenvalue weighted by Gasteiger charge is 2.36. The number of hydrogen-bond acceptors (Lipinski definition) is 1. The third-order valence-electron chi connectivity index (χ3n) is 5.31. The molecule has 0 aliphatic heterocycles. The van der Waals surface area contributed by atoms with Crippen LogP contribution in [-0.4, -0.2) is 13.6 Å². The first-order valence-corrected chi connectivity index (χ1v) is 8.61. The summed E-state index contributed by atoms with van der Waals surface area (Å²) in [4.78, 5) is 0. The van der Waals surface area contributed by atoms with Gasteiger partial charge in [-0.05, 0) is 80.1 Å².